The van der Waals surface area contributed by atoms with Crippen molar-refractivity contribution in [3.63, 3.8) is 0 Å². The van der Waals surface area contributed by atoms with E-state index in [1.807, 2.05) is 12.1 Å². The van der Waals surface area contributed by atoms with Crippen LogP contribution in [-0.2, 0) is 5.41 Å². The van der Waals surface area contributed by atoms with Crippen molar-refractivity contribution >= 4 is 15.9 Å². The zero-order valence-electron chi connectivity index (χ0n) is 9.38. The maximum Gasteiger partial charge on any atom is 0.0822 e. The van der Waals surface area contributed by atoms with Crippen LogP contribution in [0.25, 0.3) is 0 Å². The number of hydrogen-bond donors (Lipinski definition) is 0. The molecule has 0 aromatic heterocycles. The van der Waals surface area contributed by atoms with Gasteiger partial charge in [0.1, 0.15) is 0 Å². The highest BCUT2D eigenvalue weighted by Crippen LogP contribution is 2.38. The lowest BCUT2D eigenvalue weighted by Crippen LogP contribution is -2.23. The SMILES string of the molecule is N#CC1(c2cccc(Br)c2)CCCCCC1. The van der Waals surface area contributed by atoms with Crippen LogP contribution < -0.4 is 0 Å². The lowest BCUT2D eigenvalue weighted by atomic mass is 9.76. The van der Waals surface area contributed by atoms with Crippen LogP contribution in [-0.4, -0.2) is 0 Å². The highest BCUT2D eigenvalue weighted by atomic mass is 79.9. The summed E-state index contributed by atoms with van der Waals surface area (Å²) in [7, 11) is 0. The van der Waals surface area contributed by atoms with Gasteiger partial charge in [-0.1, -0.05) is 53.7 Å². The Morgan fingerprint density at radius 1 is 1.12 bits per heavy atom. The van der Waals surface area contributed by atoms with E-state index in [2.05, 4.69) is 34.1 Å². The molecule has 0 N–H and O–H groups in total. The molecule has 0 bridgehead atoms. The Hall–Kier alpha value is -0.810. The molecule has 1 saturated carbocycles. The zero-order valence-corrected chi connectivity index (χ0v) is 11.0. The summed E-state index contributed by atoms with van der Waals surface area (Å²) in [6.07, 6.45) is 6.94. The molecule has 0 heterocycles. The number of nitriles is 1. The first-order chi connectivity index (χ1) is 7.77. The maximum atomic E-state index is 9.55. The molecule has 0 amide bonds. The van der Waals surface area contributed by atoms with Crippen LogP contribution in [0.3, 0.4) is 0 Å². The summed E-state index contributed by atoms with van der Waals surface area (Å²) in [4.78, 5) is 0. The number of halogens is 1. The van der Waals surface area contributed by atoms with Gasteiger partial charge in [-0.2, -0.15) is 5.26 Å². The summed E-state index contributed by atoms with van der Waals surface area (Å²) >= 11 is 3.49. The second-order valence-electron chi connectivity index (χ2n) is 4.62. The van der Waals surface area contributed by atoms with E-state index in [4.69, 9.17) is 0 Å². The molecule has 0 spiro atoms. The standard InChI is InChI=1S/C14H16BrN/c15-13-7-5-6-12(10-13)14(11-16)8-3-1-2-4-9-14/h5-7,10H,1-4,8-9H2. The van der Waals surface area contributed by atoms with Crippen molar-refractivity contribution in [3.05, 3.63) is 34.3 Å². The molecule has 1 aliphatic carbocycles. The van der Waals surface area contributed by atoms with E-state index >= 15 is 0 Å². The van der Waals surface area contributed by atoms with E-state index < -0.39 is 0 Å². The van der Waals surface area contributed by atoms with Crippen LogP contribution in [0.15, 0.2) is 28.7 Å². The third-order valence-electron chi connectivity index (χ3n) is 3.55. The van der Waals surface area contributed by atoms with Gasteiger partial charge in [0, 0.05) is 4.47 Å². The molecular formula is C14H16BrN. The molecule has 0 aliphatic heterocycles. The molecular weight excluding hydrogens is 262 g/mol. The van der Waals surface area contributed by atoms with Gasteiger partial charge in [0.15, 0.2) is 0 Å². The maximum absolute atomic E-state index is 9.55. The molecule has 1 nitrogen and oxygen atoms in total. The Labute approximate surface area is 106 Å². The van der Waals surface area contributed by atoms with Crippen molar-refractivity contribution in [2.24, 2.45) is 0 Å². The van der Waals surface area contributed by atoms with Crippen molar-refractivity contribution in [2.45, 2.75) is 43.9 Å². The Morgan fingerprint density at radius 3 is 2.38 bits per heavy atom. The molecule has 2 rings (SSSR count). The summed E-state index contributed by atoms with van der Waals surface area (Å²) in [6, 6.07) is 10.8. The van der Waals surface area contributed by atoms with Crippen LogP contribution in [0.4, 0.5) is 0 Å². The van der Waals surface area contributed by atoms with Crippen molar-refractivity contribution in [3.8, 4) is 6.07 Å². The number of hydrogen-bond acceptors (Lipinski definition) is 1. The molecule has 1 aliphatic rings. The summed E-state index contributed by atoms with van der Waals surface area (Å²) in [6.45, 7) is 0. The molecule has 0 unspecified atom stereocenters. The van der Waals surface area contributed by atoms with Gasteiger partial charge in [0.2, 0.25) is 0 Å². The van der Waals surface area contributed by atoms with E-state index in [0.717, 1.165) is 17.3 Å². The first-order valence-corrected chi connectivity index (χ1v) is 6.73. The molecule has 0 saturated heterocycles. The van der Waals surface area contributed by atoms with Gasteiger partial charge in [-0.15, -0.1) is 0 Å². The zero-order chi connectivity index (χ0) is 11.4. The molecule has 84 valence electrons. The minimum Gasteiger partial charge on any atom is -0.197 e. The Bertz CT molecular complexity index is 397. The second-order valence-corrected chi connectivity index (χ2v) is 5.53. The van der Waals surface area contributed by atoms with Gasteiger partial charge < -0.3 is 0 Å². The van der Waals surface area contributed by atoms with Crippen molar-refractivity contribution in [2.75, 3.05) is 0 Å². The van der Waals surface area contributed by atoms with Crippen molar-refractivity contribution in [1.29, 1.82) is 5.26 Å². The predicted molar refractivity (Wildman–Crippen MR) is 69.1 cm³/mol. The van der Waals surface area contributed by atoms with E-state index in [-0.39, 0.29) is 5.41 Å². The van der Waals surface area contributed by atoms with Crippen LogP contribution in [0, 0.1) is 11.3 Å². The van der Waals surface area contributed by atoms with Gasteiger partial charge >= 0.3 is 0 Å². The summed E-state index contributed by atoms with van der Waals surface area (Å²) in [5.74, 6) is 0. The molecule has 2 heteroatoms. The summed E-state index contributed by atoms with van der Waals surface area (Å²) in [5, 5.41) is 9.55. The summed E-state index contributed by atoms with van der Waals surface area (Å²) < 4.78 is 1.07. The van der Waals surface area contributed by atoms with Crippen LogP contribution in [0.1, 0.15) is 44.1 Å². The molecule has 1 aromatic carbocycles. The molecule has 16 heavy (non-hydrogen) atoms. The van der Waals surface area contributed by atoms with Crippen LogP contribution >= 0.6 is 15.9 Å². The third-order valence-corrected chi connectivity index (χ3v) is 4.04. The Balaban J connectivity index is 2.36. The fraction of sp³-hybridized carbons (Fsp3) is 0.500. The van der Waals surface area contributed by atoms with E-state index in [0.29, 0.717) is 0 Å². The van der Waals surface area contributed by atoms with Crippen molar-refractivity contribution in [1.82, 2.24) is 0 Å². The van der Waals surface area contributed by atoms with Gasteiger partial charge in [-0.05, 0) is 30.5 Å². The monoisotopic (exact) mass is 277 g/mol. The average molecular weight is 278 g/mol. The molecule has 1 fully saturated rings. The molecule has 0 atom stereocenters. The first-order valence-electron chi connectivity index (χ1n) is 5.94. The largest absolute Gasteiger partial charge is 0.197 e. The highest BCUT2D eigenvalue weighted by Gasteiger charge is 2.32. The Morgan fingerprint density at radius 2 is 1.81 bits per heavy atom. The van der Waals surface area contributed by atoms with Crippen molar-refractivity contribution < 1.29 is 0 Å². The normalized spacial score (nSPS) is 19.8. The Kier molecular flexibility index (Phi) is 3.66. The smallest absolute Gasteiger partial charge is 0.0822 e. The van der Waals surface area contributed by atoms with E-state index in [1.54, 1.807) is 0 Å². The lowest BCUT2D eigenvalue weighted by molar-refractivity contribution is 0.475. The highest BCUT2D eigenvalue weighted by molar-refractivity contribution is 9.10. The fourth-order valence-electron chi connectivity index (χ4n) is 2.58. The molecule has 0 radical (unpaired) electrons. The topological polar surface area (TPSA) is 23.8 Å². The quantitative estimate of drug-likeness (QED) is 0.690. The van der Waals surface area contributed by atoms with Crippen LogP contribution in [0.2, 0.25) is 0 Å². The number of nitrogens with zero attached hydrogens (tertiary/aromatic N) is 1. The van der Waals surface area contributed by atoms with Gasteiger partial charge in [-0.25, -0.2) is 0 Å². The second kappa shape index (κ2) is 5.01. The van der Waals surface area contributed by atoms with Crippen LogP contribution in [0.5, 0.6) is 0 Å². The van der Waals surface area contributed by atoms with Gasteiger partial charge in [-0.3, -0.25) is 0 Å². The molecule has 1 aromatic rings. The number of benzene rings is 1. The minimum absolute atomic E-state index is 0.236. The average Bonchev–Trinajstić information content (AvgIpc) is 2.55. The van der Waals surface area contributed by atoms with Gasteiger partial charge in [0.05, 0.1) is 11.5 Å². The minimum atomic E-state index is -0.236. The lowest BCUT2D eigenvalue weighted by Gasteiger charge is -2.25. The summed E-state index contributed by atoms with van der Waals surface area (Å²) in [5.41, 5.74) is 0.951. The van der Waals surface area contributed by atoms with Gasteiger partial charge in [0.25, 0.3) is 0 Å². The van der Waals surface area contributed by atoms with E-state index in [1.165, 1.54) is 31.2 Å². The van der Waals surface area contributed by atoms with E-state index in [9.17, 15) is 5.26 Å². The first kappa shape index (κ1) is 11.7. The predicted octanol–water partition coefficient (Wildman–Crippen LogP) is 4.56. The number of rotatable bonds is 1. The fourth-order valence-corrected chi connectivity index (χ4v) is 2.98. The third kappa shape index (κ3) is 2.30.